The minimum absolute atomic E-state index is 0.270. The number of hydrogen-bond acceptors (Lipinski definition) is 7. The second kappa shape index (κ2) is 7.79. The standard InChI is InChI=1S/C17H15N7O/c1-12(14(10-18)16-21-23-24-22-16)20-17-15(8-5-9-19-17)25-11-13-6-3-2-4-7-13/h2-9,14H,11H2,1H3,(H,21,22,23,24). The molecule has 2 heterocycles. The normalized spacial score (nSPS) is 12.4. The van der Waals surface area contributed by atoms with E-state index in [1.807, 2.05) is 30.3 Å². The van der Waals surface area contributed by atoms with E-state index in [0.29, 0.717) is 23.9 Å². The van der Waals surface area contributed by atoms with Crippen LogP contribution in [0.2, 0.25) is 0 Å². The molecule has 0 bridgehead atoms. The molecular formula is C17H15N7O. The van der Waals surface area contributed by atoms with Crippen molar-refractivity contribution in [1.82, 2.24) is 25.6 Å². The number of aliphatic imine (C=N–C) groups is 1. The molecule has 0 aliphatic heterocycles. The summed E-state index contributed by atoms with van der Waals surface area (Å²) in [4.78, 5) is 8.68. The number of ether oxygens (including phenoxy) is 1. The van der Waals surface area contributed by atoms with Gasteiger partial charge in [0.05, 0.1) is 6.07 Å². The van der Waals surface area contributed by atoms with Gasteiger partial charge in [-0.3, -0.25) is 0 Å². The fourth-order valence-electron chi connectivity index (χ4n) is 2.18. The fourth-order valence-corrected chi connectivity index (χ4v) is 2.18. The van der Waals surface area contributed by atoms with Crippen LogP contribution in [0.1, 0.15) is 24.2 Å². The summed E-state index contributed by atoms with van der Waals surface area (Å²) in [5.41, 5.74) is 1.55. The van der Waals surface area contributed by atoms with Gasteiger partial charge >= 0.3 is 0 Å². The average Bonchev–Trinajstić information content (AvgIpc) is 3.17. The van der Waals surface area contributed by atoms with Crippen molar-refractivity contribution in [1.29, 1.82) is 5.26 Å². The van der Waals surface area contributed by atoms with E-state index >= 15 is 0 Å². The van der Waals surface area contributed by atoms with Crippen LogP contribution in [-0.2, 0) is 6.61 Å². The molecule has 25 heavy (non-hydrogen) atoms. The summed E-state index contributed by atoms with van der Waals surface area (Å²) in [6.45, 7) is 2.13. The summed E-state index contributed by atoms with van der Waals surface area (Å²) in [6.07, 6.45) is 1.62. The predicted molar refractivity (Wildman–Crippen MR) is 90.3 cm³/mol. The first-order valence-electron chi connectivity index (χ1n) is 7.58. The summed E-state index contributed by atoms with van der Waals surface area (Å²) in [7, 11) is 0. The highest BCUT2D eigenvalue weighted by atomic mass is 16.5. The van der Waals surface area contributed by atoms with E-state index in [1.54, 1.807) is 25.3 Å². The van der Waals surface area contributed by atoms with Crippen LogP contribution < -0.4 is 4.74 Å². The molecule has 0 radical (unpaired) electrons. The highest BCUT2D eigenvalue weighted by Crippen LogP contribution is 2.26. The van der Waals surface area contributed by atoms with Crippen LogP contribution in [-0.4, -0.2) is 31.3 Å². The molecule has 0 fully saturated rings. The maximum Gasteiger partial charge on any atom is 0.197 e. The lowest BCUT2D eigenvalue weighted by Gasteiger charge is -2.09. The second-order valence-corrected chi connectivity index (χ2v) is 5.18. The topological polar surface area (TPSA) is 113 Å². The maximum atomic E-state index is 9.36. The number of pyridine rings is 1. The van der Waals surface area contributed by atoms with E-state index in [1.165, 1.54) is 0 Å². The number of H-pyrrole nitrogens is 1. The van der Waals surface area contributed by atoms with Gasteiger partial charge < -0.3 is 4.74 Å². The predicted octanol–water partition coefficient (Wildman–Crippen LogP) is 2.57. The average molecular weight is 333 g/mol. The third-order valence-electron chi connectivity index (χ3n) is 3.44. The lowest BCUT2D eigenvalue weighted by atomic mass is 10.1. The van der Waals surface area contributed by atoms with E-state index in [0.717, 1.165) is 5.56 Å². The first-order valence-corrected chi connectivity index (χ1v) is 7.58. The molecule has 0 aliphatic rings. The number of rotatable bonds is 6. The zero-order chi connectivity index (χ0) is 17.5. The number of tetrazole rings is 1. The van der Waals surface area contributed by atoms with Gasteiger partial charge in [0.1, 0.15) is 12.5 Å². The Labute approximate surface area is 144 Å². The monoisotopic (exact) mass is 333 g/mol. The number of aromatic amines is 1. The molecule has 1 N–H and O–H groups in total. The molecule has 0 saturated carbocycles. The van der Waals surface area contributed by atoms with Crippen molar-refractivity contribution in [3.63, 3.8) is 0 Å². The quantitative estimate of drug-likeness (QED) is 0.694. The molecule has 0 spiro atoms. The first kappa shape index (κ1) is 16.3. The Morgan fingerprint density at radius 1 is 1.28 bits per heavy atom. The third-order valence-corrected chi connectivity index (χ3v) is 3.44. The van der Waals surface area contributed by atoms with Crippen molar-refractivity contribution in [3.8, 4) is 11.8 Å². The first-order chi connectivity index (χ1) is 12.3. The Kier molecular flexibility index (Phi) is 5.07. The van der Waals surface area contributed by atoms with Crippen molar-refractivity contribution in [2.24, 2.45) is 4.99 Å². The van der Waals surface area contributed by atoms with Crippen LogP contribution in [0.3, 0.4) is 0 Å². The van der Waals surface area contributed by atoms with E-state index < -0.39 is 5.92 Å². The van der Waals surface area contributed by atoms with Crippen molar-refractivity contribution >= 4 is 11.5 Å². The molecule has 3 aromatic rings. The number of nitrogens with zero attached hydrogens (tertiary/aromatic N) is 6. The van der Waals surface area contributed by atoms with Gasteiger partial charge in [-0.15, -0.1) is 10.2 Å². The van der Waals surface area contributed by atoms with Crippen LogP contribution in [0, 0.1) is 11.3 Å². The van der Waals surface area contributed by atoms with E-state index in [4.69, 9.17) is 4.74 Å². The van der Waals surface area contributed by atoms with Gasteiger partial charge in [-0.05, 0) is 24.6 Å². The van der Waals surface area contributed by atoms with E-state index in [-0.39, 0.29) is 5.82 Å². The van der Waals surface area contributed by atoms with Gasteiger partial charge in [0, 0.05) is 11.9 Å². The lowest BCUT2D eigenvalue weighted by molar-refractivity contribution is 0.306. The number of nitrogens with one attached hydrogen (secondary N) is 1. The minimum atomic E-state index is -0.706. The van der Waals surface area contributed by atoms with Crippen LogP contribution in [0.25, 0.3) is 0 Å². The van der Waals surface area contributed by atoms with Gasteiger partial charge in [-0.1, -0.05) is 35.5 Å². The minimum Gasteiger partial charge on any atom is -0.485 e. The number of hydrogen-bond donors (Lipinski definition) is 1. The Morgan fingerprint density at radius 2 is 2.12 bits per heavy atom. The van der Waals surface area contributed by atoms with E-state index in [2.05, 4.69) is 36.7 Å². The highest BCUT2D eigenvalue weighted by molar-refractivity contribution is 5.92. The maximum absolute atomic E-state index is 9.36. The second-order valence-electron chi connectivity index (χ2n) is 5.18. The molecule has 1 aromatic carbocycles. The molecule has 8 heteroatoms. The van der Waals surface area contributed by atoms with Gasteiger partial charge in [-0.25, -0.2) is 9.98 Å². The number of aromatic nitrogens is 5. The van der Waals surface area contributed by atoms with Gasteiger partial charge in [-0.2, -0.15) is 10.5 Å². The molecular weight excluding hydrogens is 318 g/mol. The Morgan fingerprint density at radius 3 is 2.84 bits per heavy atom. The van der Waals surface area contributed by atoms with Crippen LogP contribution in [0.5, 0.6) is 5.75 Å². The summed E-state index contributed by atoms with van der Waals surface area (Å²) < 4.78 is 5.83. The van der Waals surface area contributed by atoms with Crippen molar-refractivity contribution < 1.29 is 4.74 Å². The van der Waals surface area contributed by atoms with Crippen molar-refractivity contribution in [2.75, 3.05) is 0 Å². The zero-order valence-corrected chi connectivity index (χ0v) is 13.5. The van der Waals surface area contributed by atoms with Crippen molar-refractivity contribution in [2.45, 2.75) is 19.4 Å². The Hall–Kier alpha value is -3.60. The van der Waals surface area contributed by atoms with Gasteiger partial charge in [0.25, 0.3) is 0 Å². The molecule has 124 valence electrons. The molecule has 0 aliphatic carbocycles. The molecule has 1 unspecified atom stereocenters. The molecule has 0 saturated heterocycles. The number of benzene rings is 1. The van der Waals surface area contributed by atoms with E-state index in [9.17, 15) is 5.26 Å². The summed E-state index contributed by atoms with van der Waals surface area (Å²) in [5, 5.41) is 22.9. The smallest absolute Gasteiger partial charge is 0.197 e. The Bertz CT molecular complexity index is 885. The lowest BCUT2D eigenvalue weighted by Crippen LogP contribution is -2.09. The molecule has 8 nitrogen and oxygen atoms in total. The SMILES string of the molecule is CC(=Nc1ncccc1OCc1ccccc1)C(C#N)c1nn[nH]n1. The van der Waals surface area contributed by atoms with Crippen LogP contribution >= 0.6 is 0 Å². The summed E-state index contributed by atoms with van der Waals surface area (Å²) in [5.74, 6) is 0.504. The molecule has 3 rings (SSSR count). The molecule has 1 atom stereocenters. The number of nitriles is 1. The highest BCUT2D eigenvalue weighted by Gasteiger charge is 2.19. The van der Waals surface area contributed by atoms with Crippen LogP contribution in [0.15, 0.2) is 53.7 Å². The fraction of sp³-hybridized carbons (Fsp3) is 0.176. The zero-order valence-electron chi connectivity index (χ0n) is 13.5. The van der Waals surface area contributed by atoms with Gasteiger partial charge in [0.15, 0.2) is 17.4 Å². The Balaban J connectivity index is 1.81. The largest absolute Gasteiger partial charge is 0.485 e. The van der Waals surface area contributed by atoms with Gasteiger partial charge in [0.2, 0.25) is 0 Å². The molecule has 2 aromatic heterocycles. The summed E-state index contributed by atoms with van der Waals surface area (Å²) in [6, 6.07) is 15.5. The van der Waals surface area contributed by atoms with Crippen molar-refractivity contribution in [3.05, 3.63) is 60.0 Å². The van der Waals surface area contributed by atoms with Crippen LogP contribution in [0.4, 0.5) is 5.82 Å². The third kappa shape index (κ3) is 4.03. The summed E-state index contributed by atoms with van der Waals surface area (Å²) >= 11 is 0. The molecule has 0 amide bonds.